The standard InChI is InChI=1S/C27H56O5/c1-8-14-28-23(7)19-25(30-16-10-3)21-27(32-18-12-5)22-26(31-17-11-4)20-24(13-6)29-15-9-2/h23-27H,8-22H2,1-7H3. The van der Waals surface area contributed by atoms with Crippen LogP contribution in [0.2, 0.25) is 0 Å². The first-order valence-electron chi connectivity index (χ1n) is 13.6. The van der Waals surface area contributed by atoms with Crippen LogP contribution in [0.3, 0.4) is 0 Å². The van der Waals surface area contributed by atoms with Crippen LogP contribution in [-0.2, 0) is 23.7 Å². The largest absolute Gasteiger partial charge is 0.378 e. The lowest BCUT2D eigenvalue weighted by molar-refractivity contribution is -0.0741. The first kappa shape index (κ1) is 31.8. The summed E-state index contributed by atoms with van der Waals surface area (Å²) in [5.41, 5.74) is 0. The van der Waals surface area contributed by atoms with Crippen LogP contribution < -0.4 is 0 Å². The quantitative estimate of drug-likeness (QED) is 0.156. The lowest BCUT2D eigenvalue weighted by atomic mass is 9.98. The van der Waals surface area contributed by atoms with E-state index in [1.807, 2.05) is 0 Å². The normalized spacial score (nSPS) is 16.6. The summed E-state index contributed by atoms with van der Waals surface area (Å²) in [4.78, 5) is 0. The van der Waals surface area contributed by atoms with E-state index in [0.717, 1.165) is 97.2 Å². The van der Waals surface area contributed by atoms with E-state index in [-0.39, 0.29) is 30.5 Å². The Morgan fingerprint density at radius 2 is 0.719 bits per heavy atom. The Hall–Kier alpha value is -0.200. The molecule has 5 nitrogen and oxygen atoms in total. The van der Waals surface area contributed by atoms with Gasteiger partial charge in [0.1, 0.15) is 0 Å². The predicted molar refractivity (Wildman–Crippen MR) is 135 cm³/mol. The van der Waals surface area contributed by atoms with E-state index in [4.69, 9.17) is 23.7 Å². The Morgan fingerprint density at radius 1 is 0.406 bits per heavy atom. The van der Waals surface area contributed by atoms with Crippen LogP contribution in [0.1, 0.15) is 113 Å². The van der Waals surface area contributed by atoms with Crippen LogP contribution in [0, 0.1) is 0 Å². The maximum Gasteiger partial charge on any atom is 0.0624 e. The fraction of sp³-hybridized carbons (Fsp3) is 1.00. The molecule has 0 amide bonds. The van der Waals surface area contributed by atoms with Gasteiger partial charge < -0.3 is 23.7 Å². The molecule has 0 saturated heterocycles. The van der Waals surface area contributed by atoms with Crippen molar-refractivity contribution in [3.63, 3.8) is 0 Å². The smallest absolute Gasteiger partial charge is 0.0624 e. The summed E-state index contributed by atoms with van der Waals surface area (Å²) >= 11 is 0. The molecule has 0 fully saturated rings. The van der Waals surface area contributed by atoms with Crippen LogP contribution in [0.5, 0.6) is 0 Å². The highest BCUT2D eigenvalue weighted by Crippen LogP contribution is 2.22. The molecule has 0 aromatic heterocycles. The van der Waals surface area contributed by atoms with Crippen molar-refractivity contribution < 1.29 is 23.7 Å². The minimum Gasteiger partial charge on any atom is -0.378 e. The van der Waals surface area contributed by atoms with E-state index in [9.17, 15) is 0 Å². The van der Waals surface area contributed by atoms with Gasteiger partial charge in [0.2, 0.25) is 0 Å². The molecule has 0 rings (SSSR count). The number of ether oxygens (including phenoxy) is 5. The van der Waals surface area contributed by atoms with Crippen LogP contribution >= 0.6 is 0 Å². The van der Waals surface area contributed by atoms with Gasteiger partial charge in [0.25, 0.3) is 0 Å². The van der Waals surface area contributed by atoms with Gasteiger partial charge >= 0.3 is 0 Å². The first-order valence-corrected chi connectivity index (χ1v) is 13.6. The van der Waals surface area contributed by atoms with Gasteiger partial charge in [0.05, 0.1) is 30.5 Å². The summed E-state index contributed by atoms with van der Waals surface area (Å²) < 4.78 is 30.9. The summed E-state index contributed by atoms with van der Waals surface area (Å²) in [6.07, 6.45) is 10.7. The van der Waals surface area contributed by atoms with Crippen LogP contribution in [0.4, 0.5) is 0 Å². The Labute approximate surface area is 200 Å². The molecular weight excluding hydrogens is 404 g/mol. The van der Waals surface area contributed by atoms with E-state index in [1.165, 1.54) is 0 Å². The van der Waals surface area contributed by atoms with Gasteiger partial charge in [-0.3, -0.25) is 0 Å². The van der Waals surface area contributed by atoms with Gasteiger partial charge in [-0.05, 0) is 71.1 Å². The molecule has 5 heteroatoms. The second-order valence-electron chi connectivity index (χ2n) is 9.00. The molecule has 0 aliphatic carbocycles. The zero-order valence-corrected chi connectivity index (χ0v) is 22.5. The third kappa shape index (κ3) is 17.3. The van der Waals surface area contributed by atoms with Crippen molar-refractivity contribution in [2.45, 2.75) is 143 Å². The van der Waals surface area contributed by atoms with E-state index in [0.29, 0.717) is 0 Å². The Bertz CT molecular complexity index is 379. The maximum atomic E-state index is 6.33. The highest BCUT2D eigenvalue weighted by Gasteiger charge is 2.25. The molecule has 0 N–H and O–H groups in total. The SMILES string of the molecule is CCCOC(C)CC(CC(CC(CC(CC)OCCC)OCCC)OCCC)OCCC. The second kappa shape index (κ2) is 22.6. The van der Waals surface area contributed by atoms with Crippen molar-refractivity contribution in [1.29, 1.82) is 0 Å². The average molecular weight is 461 g/mol. The first-order chi connectivity index (χ1) is 15.5. The van der Waals surface area contributed by atoms with Crippen molar-refractivity contribution in [2.24, 2.45) is 0 Å². The zero-order valence-electron chi connectivity index (χ0n) is 22.5. The molecule has 0 saturated carbocycles. The van der Waals surface area contributed by atoms with Gasteiger partial charge in [0, 0.05) is 33.0 Å². The van der Waals surface area contributed by atoms with E-state index >= 15 is 0 Å². The molecular formula is C27H56O5. The molecule has 5 atom stereocenters. The highest BCUT2D eigenvalue weighted by molar-refractivity contribution is 4.76. The molecule has 0 aliphatic heterocycles. The Kier molecular flexibility index (Phi) is 22.4. The fourth-order valence-corrected chi connectivity index (χ4v) is 3.82. The monoisotopic (exact) mass is 460 g/mol. The van der Waals surface area contributed by atoms with Crippen molar-refractivity contribution in [1.82, 2.24) is 0 Å². The van der Waals surface area contributed by atoms with Gasteiger partial charge in [-0.15, -0.1) is 0 Å². The summed E-state index contributed by atoms with van der Waals surface area (Å²) in [5.74, 6) is 0. The number of rotatable bonds is 24. The van der Waals surface area contributed by atoms with Crippen molar-refractivity contribution in [3.8, 4) is 0 Å². The minimum atomic E-state index is 0.126. The van der Waals surface area contributed by atoms with Crippen LogP contribution in [-0.4, -0.2) is 63.6 Å². The van der Waals surface area contributed by atoms with Crippen molar-refractivity contribution in [2.75, 3.05) is 33.0 Å². The molecule has 5 unspecified atom stereocenters. The molecule has 0 aromatic rings. The topological polar surface area (TPSA) is 46.2 Å². The van der Waals surface area contributed by atoms with Gasteiger partial charge in [-0.25, -0.2) is 0 Å². The third-order valence-electron chi connectivity index (χ3n) is 5.46. The summed E-state index contributed by atoms with van der Waals surface area (Å²) in [6.45, 7) is 19.1. The van der Waals surface area contributed by atoms with Crippen molar-refractivity contribution in [3.05, 3.63) is 0 Å². The molecule has 32 heavy (non-hydrogen) atoms. The molecule has 0 aromatic carbocycles. The lowest BCUT2D eigenvalue weighted by Crippen LogP contribution is -2.33. The molecule has 0 aliphatic rings. The van der Waals surface area contributed by atoms with Crippen LogP contribution in [0.15, 0.2) is 0 Å². The van der Waals surface area contributed by atoms with E-state index in [2.05, 4.69) is 48.5 Å². The van der Waals surface area contributed by atoms with Gasteiger partial charge in [-0.2, -0.15) is 0 Å². The summed E-state index contributed by atoms with van der Waals surface area (Å²) in [7, 11) is 0. The fourth-order valence-electron chi connectivity index (χ4n) is 3.82. The maximum absolute atomic E-state index is 6.33. The average Bonchev–Trinajstić information content (AvgIpc) is 2.80. The number of hydrogen-bond donors (Lipinski definition) is 0. The van der Waals surface area contributed by atoms with Gasteiger partial charge in [-0.1, -0.05) is 41.5 Å². The lowest BCUT2D eigenvalue weighted by Gasteiger charge is -2.30. The zero-order chi connectivity index (χ0) is 24.0. The Morgan fingerprint density at radius 3 is 1.09 bits per heavy atom. The minimum absolute atomic E-state index is 0.126. The van der Waals surface area contributed by atoms with Gasteiger partial charge in [0.15, 0.2) is 0 Å². The van der Waals surface area contributed by atoms with Crippen molar-refractivity contribution >= 4 is 0 Å². The Balaban J connectivity index is 5.17. The predicted octanol–water partition coefficient (Wildman–Crippen LogP) is 6.95. The molecule has 194 valence electrons. The molecule has 0 heterocycles. The second-order valence-corrected chi connectivity index (χ2v) is 9.00. The third-order valence-corrected chi connectivity index (χ3v) is 5.46. The van der Waals surface area contributed by atoms with Crippen LogP contribution in [0.25, 0.3) is 0 Å². The molecule has 0 spiro atoms. The highest BCUT2D eigenvalue weighted by atomic mass is 16.5. The number of hydrogen-bond acceptors (Lipinski definition) is 5. The molecule has 0 radical (unpaired) electrons. The summed E-state index contributed by atoms with van der Waals surface area (Å²) in [6, 6.07) is 0. The van der Waals surface area contributed by atoms with E-state index < -0.39 is 0 Å². The molecule has 0 bridgehead atoms. The summed E-state index contributed by atoms with van der Waals surface area (Å²) in [5, 5.41) is 0. The van der Waals surface area contributed by atoms with E-state index in [1.54, 1.807) is 0 Å².